The molecule has 0 spiro atoms. The highest BCUT2D eigenvalue weighted by molar-refractivity contribution is 6.39. The van der Waals surface area contributed by atoms with E-state index in [0.717, 1.165) is 22.6 Å². The van der Waals surface area contributed by atoms with Crippen LogP contribution in [0.5, 0.6) is 0 Å². The van der Waals surface area contributed by atoms with Gasteiger partial charge in [0.25, 0.3) is 11.8 Å². The van der Waals surface area contributed by atoms with E-state index in [0.29, 0.717) is 5.69 Å². The average Bonchev–Trinajstić information content (AvgIpc) is 3.08. The Morgan fingerprint density at radius 3 is 2.33 bits per heavy atom. The molecule has 9 heteroatoms. The Morgan fingerprint density at radius 1 is 1.11 bits per heavy atom. The first kappa shape index (κ1) is 18.1. The van der Waals surface area contributed by atoms with Gasteiger partial charge in [-0.3, -0.25) is 25.0 Å². The van der Waals surface area contributed by atoms with E-state index in [1.54, 1.807) is 24.3 Å². The zero-order valence-corrected chi connectivity index (χ0v) is 14.5. The molecule has 1 N–H and O–H groups in total. The van der Waals surface area contributed by atoms with Gasteiger partial charge >= 0.3 is 11.9 Å². The standard InChI is InChI=1S/C18H15N3O6/c1-10(2)11-3-5-12(6-4-11)20-17(23)14(16(22)19-18(20)24)9-13-7-8-15(27-13)21(25)26/h3-10H,1-2H3,(H,19,22,24)/b14-9-. The molecule has 4 amide bonds. The molecule has 138 valence electrons. The Kier molecular flexibility index (Phi) is 4.59. The van der Waals surface area contributed by atoms with Crippen molar-refractivity contribution in [2.24, 2.45) is 0 Å². The molecule has 1 aromatic heterocycles. The minimum atomic E-state index is -0.904. The second kappa shape index (κ2) is 6.87. The van der Waals surface area contributed by atoms with E-state index in [-0.39, 0.29) is 17.3 Å². The molecule has 1 aliphatic rings. The number of carbonyl (C=O) groups is 3. The van der Waals surface area contributed by atoms with Gasteiger partial charge in [-0.1, -0.05) is 26.0 Å². The molecule has 2 heterocycles. The van der Waals surface area contributed by atoms with Gasteiger partial charge in [-0.25, -0.2) is 9.69 Å². The number of anilines is 1. The van der Waals surface area contributed by atoms with Crippen LogP contribution in [-0.4, -0.2) is 22.8 Å². The number of nitrogens with zero attached hydrogens (tertiary/aromatic N) is 2. The summed E-state index contributed by atoms with van der Waals surface area (Å²) < 4.78 is 4.94. The van der Waals surface area contributed by atoms with Gasteiger partial charge in [0.2, 0.25) is 0 Å². The molecule has 1 aliphatic heterocycles. The molecule has 1 aromatic carbocycles. The third-order valence-electron chi connectivity index (χ3n) is 4.00. The van der Waals surface area contributed by atoms with Gasteiger partial charge in [-0.05, 0) is 35.8 Å². The maximum absolute atomic E-state index is 12.7. The quantitative estimate of drug-likeness (QED) is 0.382. The number of barbiturate groups is 1. The molecule has 9 nitrogen and oxygen atoms in total. The van der Waals surface area contributed by atoms with Crippen molar-refractivity contribution in [3.8, 4) is 0 Å². The normalized spacial score (nSPS) is 16.2. The largest absolute Gasteiger partial charge is 0.433 e. The highest BCUT2D eigenvalue weighted by Gasteiger charge is 2.37. The second-order valence-corrected chi connectivity index (χ2v) is 6.14. The number of amides is 4. The summed E-state index contributed by atoms with van der Waals surface area (Å²) in [5.41, 5.74) is 0.955. The van der Waals surface area contributed by atoms with Crippen LogP contribution in [0.1, 0.15) is 31.1 Å². The van der Waals surface area contributed by atoms with Crippen LogP contribution >= 0.6 is 0 Å². The number of benzene rings is 1. The van der Waals surface area contributed by atoms with Crippen LogP contribution in [-0.2, 0) is 9.59 Å². The van der Waals surface area contributed by atoms with Gasteiger partial charge in [0.1, 0.15) is 16.3 Å². The number of furan rings is 1. The zero-order valence-electron chi connectivity index (χ0n) is 14.5. The highest BCUT2D eigenvalue weighted by atomic mass is 16.6. The molecule has 0 atom stereocenters. The number of hydrogen-bond donors (Lipinski definition) is 1. The van der Waals surface area contributed by atoms with Crippen molar-refractivity contribution >= 4 is 35.5 Å². The van der Waals surface area contributed by atoms with Crippen LogP contribution in [0, 0.1) is 10.1 Å². The van der Waals surface area contributed by atoms with Gasteiger partial charge in [0, 0.05) is 0 Å². The van der Waals surface area contributed by atoms with E-state index in [9.17, 15) is 24.5 Å². The van der Waals surface area contributed by atoms with Gasteiger partial charge in [0.05, 0.1) is 11.8 Å². The number of nitrogens with one attached hydrogen (secondary N) is 1. The average molecular weight is 369 g/mol. The monoisotopic (exact) mass is 369 g/mol. The molecule has 1 fully saturated rings. The van der Waals surface area contributed by atoms with Crippen molar-refractivity contribution in [3.63, 3.8) is 0 Å². The SMILES string of the molecule is CC(C)c1ccc(N2C(=O)NC(=O)/C(=C/c3ccc([N+](=O)[O-])o3)C2=O)cc1. The molecule has 0 radical (unpaired) electrons. The van der Waals surface area contributed by atoms with E-state index in [4.69, 9.17) is 4.42 Å². The lowest BCUT2D eigenvalue weighted by molar-refractivity contribution is -0.402. The Balaban J connectivity index is 1.95. The molecule has 0 saturated carbocycles. The maximum Gasteiger partial charge on any atom is 0.433 e. The molecule has 1 saturated heterocycles. The number of hydrogen-bond acceptors (Lipinski definition) is 6. The van der Waals surface area contributed by atoms with Gasteiger partial charge in [-0.15, -0.1) is 0 Å². The summed E-state index contributed by atoms with van der Waals surface area (Å²) in [7, 11) is 0. The minimum Gasteiger partial charge on any atom is -0.401 e. The minimum absolute atomic E-state index is 0.0512. The highest BCUT2D eigenvalue weighted by Crippen LogP contribution is 2.25. The van der Waals surface area contributed by atoms with Crippen LogP contribution in [0.4, 0.5) is 16.4 Å². The molecular formula is C18H15N3O6. The molecule has 0 aliphatic carbocycles. The van der Waals surface area contributed by atoms with Crippen molar-refractivity contribution in [2.75, 3.05) is 4.90 Å². The fourth-order valence-electron chi connectivity index (χ4n) is 2.56. The van der Waals surface area contributed by atoms with Crippen molar-refractivity contribution < 1.29 is 23.7 Å². The Labute approximate surface area is 153 Å². The van der Waals surface area contributed by atoms with Gasteiger partial charge < -0.3 is 4.42 Å². The summed E-state index contributed by atoms with van der Waals surface area (Å²) in [5.74, 6) is -2.05. The van der Waals surface area contributed by atoms with E-state index in [1.165, 1.54) is 6.07 Å². The van der Waals surface area contributed by atoms with Crippen molar-refractivity contribution in [2.45, 2.75) is 19.8 Å². The summed E-state index contributed by atoms with van der Waals surface area (Å²) >= 11 is 0. The summed E-state index contributed by atoms with van der Waals surface area (Å²) in [6.07, 6.45) is 1.06. The lowest BCUT2D eigenvalue weighted by atomic mass is 10.0. The van der Waals surface area contributed by atoms with Crippen LogP contribution in [0.3, 0.4) is 0 Å². The summed E-state index contributed by atoms with van der Waals surface area (Å²) in [6.45, 7) is 4.02. The Bertz CT molecular complexity index is 971. The van der Waals surface area contributed by atoms with Crippen LogP contribution in [0.2, 0.25) is 0 Å². The second-order valence-electron chi connectivity index (χ2n) is 6.14. The number of nitro groups is 1. The zero-order chi connectivity index (χ0) is 19.7. The maximum atomic E-state index is 12.7. The number of rotatable bonds is 4. The van der Waals surface area contributed by atoms with Crippen LogP contribution in [0.25, 0.3) is 6.08 Å². The lowest BCUT2D eigenvalue weighted by Crippen LogP contribution is -2.54. The summed E-state index contributed by atoms with van der Waals surface area (Å²) in [6, 6.07) is 8.28. The lowest BCUT2D eigenvalue weighted by Gasteiger charge is -2.26. The smallest absolute Gasteiger partial charge is 0.401 e. The van der Waals surface area contributed by atoms with Crippen molar-refractivity contribution in [3.05, 3.63) is 63.4 Å². The van der Waals surface area contributed by atoms with Crippen molar-refractivity contribution in [1.82, 2.24) is 5.32 Å². The van der Waals surface area contributed by atoms with Crippen LogP contribution in [0.15, 0.2) is 46.4 Å². The number of urea groups is 1. The summed E-state index contributed by atoms with van der Waals surface area (Å²) in [5, 5.41) is 12.8. The van der Waals surface area contributed by atoms with Gasteiger partial charge in [-0.2, -0.15) is 0 Å². The molecular weight excluding hydrogens is 354 g/mol. The first-order chi connectivity index (χ1) is 12.8. The Hall–Kier alpha value is -3.75. The third kappa shape index (κ3) is 3.47. The molecule has 27 heavy (non-hydrogen) atoms. The van der Waals surface area contributed by atoms with E-state index >= 15 is 0 Å². The Morgan fingerprint density at radius 2 is 1.78 bits per heavy atom. The first-order valence-electron chi connectivity index (χ1n) is 8.03. The van der Waals surface area contributed by atoms with Gasteiger partial charge in [0.15, 0.2) is 0 Å². The first-order valence-corrected chi connectivity index (χ1v) is 8.03. The number of imide groups is 2. The predicted octanol–water partition coefficient (Wildman–Crippen LogP) is 2.98. The van der Waals surface area contributed by atoms with Crippen LogP contribution < -0.4 is 10.2 Å². The van der Waals surface area contributed by atoms with E-state index in [2.05, 4.69) is 5.32 Å². The topological polar surface area (TPSA) is 123 Å². The molecule has 3 rings (SSSR count). The fourth-order valence-corrected chi connectivity index (χ4v) is 2.56. The predicted molar refractivity (Wildman–Crippen MR) is 94.9 cm³/mol. The molecule has 0 unspecified atom stereocenters. The number of carbonyl (C=O) groups excluding carboxylic acids is 3. The summed E-state index contributed by atoms with van der Waals surface area (Å²) in [4.78, 5) is 47.7. The molecule has 0 bridgehead atoms. The third-order valence-corrected chi connectivity index (χ3v) is 4.00. The van der Waals surface area contributed by atoms with Crippen molar-refractivity contribution in [1.29, 1.82) is 0 Å². The van der Waals surface area contributed by atoms with E-state index in [1.807, 2.05) is 13.8 Å². The van der Waals surface area contributed by atoms with E-state index < -0.39 is 28.7 Å². The molecule has 2 aromatic rings. The fraction of sp³-hybridized carbons (Fsp3) is 0.167.